The largest absolute Gasteiger partial charge is 0.461 e. The van der Waals surface area contributed by atoms with Crippen LogP contribution in [0.1, 0.15) is 92.6 Å². The molecule has 2 fully saturated rings. The molecule has 5 rings (SSSR count). The van der Waals surface area contributed by atoms with E-state index in [9.17, 15) is 9.59 Å². The van der Waals surface area contributed by atoms with Crippen molar-refractivity contribution in [1.82, 2.24) is 20.3 Å². The molecule has 3 aromatic rings. The third kappa shape index (κ3) is 7.46. The number of aromatic nitrogens is 3. The first-order chi connectivity index (χ1) is 19.1. The number of nitrogens with zero attached hydrogens (tertiary/aromatic N) is 3. The smallest absolute Gasteiger partial charge is 0.306 e. The van der Waals surface area contributed by atoms with E-state index in [1.54, 1.807) is 0 Å². The first kappa shape index (κ1) is 27.4. The standard InChI is InChI=1S/C32H42N4O3/c1-2-23-6-10-27(11-7-23)22-39-31(37)15-12-24-4-3-5-25(9-8-24)20-26-16-18-36(19-17-26)32(38)28-13-14-29-30(21-28)34-35-33-29/h6-7,10-11,13-14,21,24-26H,2-5,8-9,12,15-20,22H2,1H3,(H,33,34,35). The third-order valence-electron chi connectivity index (χ3n) is 8.93. The Hall–Kier alpha value is -3.22. The Balaban J connectivity index is 0.991. The summed E-state index contributed by atoms with van der Waals surface area (Å²) in [6, 6.07) is 13.9. The summed E-state index contributed by atoms with van der Waals surface area (Å²) in [6.07, 6.45) is 12.2. The van der Waals surface area contributed by atoms with Crippen LogP contribution < -0.4 is 0 Å². The van der Waals surface area contributed by atoms with Crippen LogP contribution in [0, 0.1) is 17.8 Å². The lowest BCUT2D eigenvalue weighted by molar-refractivity contribution is -0.145. The van der Waals surface area contributed by atoms with Gasteiger partial charge in [0.05, 0.1) is 0 Å². The second kappa shape index (κ2) is 13.2. The summed E-state index contributed by atoms with van der Waals surface area (Å²) in [5.41, 5.74) is 4.57. The summed E-state index contributed by atoms with van der Waals surface area (Å²) in [4.78, 5) is 27.4. The summed E-state index contributed by atoms with van der Waals surface area (Å²) in [6.45, 7) is 4.18. The van der Waals surface area contributed by atoms with Crippen LogP contribution in [0.25, 0.3) is 11.0 Å². The number of rotatable bonds is 9. The molecule has 1 saturated heterocycles. The number of esters is 1. The molecular weight excluding hydrogens is 488 g/mol. The molecule has 208 valence electrons. The Morgan fingerprint density at radius 2 is 1.56 bits per heavy atom. The molecule has 2 heterocycles. The zero-order chi connectivity index (χ0) is 27.0. The van der Waals surface area contributed by atoms with Crippen LogP contribution in [0.4, 0.5) is 0 Å². The van der Waals surface area contributed by atoms with Gasteiger partial charge in [-0.05, 0) is 79.2 Å². The van der Waals surface area contributed by atoms with Crippen molar-refractivity contribution in [3.8, 4) is 0 Å². The Bertz CT molecular complexity index is 1230. The summed E-state index contributed by atoms with van der Waals surface area (Å²) >= 11 is 0. The number of nitrogens with one attached hydrogen (secondary N) is 1. The van der Waals surface area contributed by atoms with Gasteiger partial charge >= 0.3 is 5.97 Å². The van der Waals surface area contributed by atoms with Gasteiger partial charge in [-0.3, -0.25) is 9.59 Å². The molecule has 1 aliphatic heterocycles. The van der Waals surface area contributed by atoms with E-state index in [2.05, 4.69) is 46.6 Å². The average Bonchev–Trinajstić information content (AvgIpc) is 3.34. The minimum absolute atomic E-state index is 0.0716. The molecule has 2 unspecified atom stereocenters. The number of aryl methyl sites for hydroxylation is 1. The van der Waals surface area contributed by atoms with Crippen molar-refractivity contribution < 1.29 is 14.3 Å². The molecule has 1 saturated carbocycles. The number of benzene rings is 2. The molecular formula is C32H42N4O3. The maximum absolute atomic E-state index is 13.0. The third-order valence-corrected chi connectivity index (χ3v) is 8.93. The highest BCUT2D eigenvalue weighted by Crippen LogP contribution is 2.35. The van der Waals surface area contributed by atoms with Crippen LogP contribution in [-0.2, 0) is 22.6 Å². The van der Waals surface area contributed by atoms with Gasteiger partial charge in [-0.2, -0.15) is 15.4 Å². The number of hydrogen-bond donors (Lipinski definition) is 1. The molecule has 0 bridgehead atoms. The van der Waals surface area contributed by atoms with Gasteiger partial charge in [0.15, 0.2) is 0 Å². The molecule has 1 aromatic heterocycles. The fourth-order valence-electron chi connectivity index (χ4n) is 6.41. The number of ether oxygens (including phenoxy) is 1. The monoisotopic (exact) mass is 530 g/mol. The first-order valence-electron chi connectivity index (χ1n) is 14.9. The van der Waals surface area contributed by atoms with E-state index in [1.165, 1.54) is 44.1 Å². The maximum atomic E-state index is 13.0. The number of H-pyrrole nitrogens is 1. The number of likely N-dealkylation sites (tertiary alicyclic amines) is 1. The van der Waals surface area contributed by atoms with Crippen LogP contribution in [0.2, 0.25) is 0 Å². The van der Waals surface area contributed by atoms with Crippen LogP contribution in [0.5, 0.6) is 0 Å². The highest BCUT2D eigenvalue weighted by molar-refractivity contribution is 5.97. The number of amides is 1. The SMILES string of the molecule is CCc1ccc(COC(=O)CCC2CCCC(CC3CCN(C(=O)c4ccc5n[nH]nc5c4)CC3)CC2)cc1. The number of piperidine rings is 1. The van der Waals surface area contributed by atoms with Crippen LogP contribution in [0.15, 0.2) is 42.5 Å². The number of carbonyl (C=O) groups excluding carboxylic acids is 2. The van der Waals surface area contributed by atoms with Gasteiger partial charge in [0, 0.05) is 25.1 Å². The Labute approximate surface area is 231 Å². The molecule has 7 heteroatoms. The minimum Gasteiger partial charge on any atom is -0.461 e. The van der Waals surface area contributed by atoms with Gasteiger partial charge in [-0.25, -0.2) is 0 Å². The number of fused-ring (bicyclic) bond motifs is 1. The van der Waals surface area contributed by atoms with E-state index in [1.807, 2.05) is 23.1 Å². The lowest BCUT2D eigenvalue weighted by atomic mass is 9.83. The molecule has 2 aromatic carbocycles. The van der Waals surface area contributed by atoms with Crippen molar-refractivity contribution in [2.24, 2.45) is 17.8 Å². The molecule has 1 amide bonds. The summed E-state index contributed by atoms with van der Waals surface area (Å²) in [7, 11) is 0. The number of hydrogen-bond acceptors (Lipinski definition) is 5. The maximum Gasteiger partial charge on any atom is 0.306 e. The van der Waals surface area contributed by atoms with Crippen molar-refractivity contribution in [2.75, 3.05) is 13.1 Å². The van der Waals surface area contributed by atoms with Crippen molar-refractivity contribution >= 4 is 22.9 Å². The molecule has 2 aliphatic rings. The minimum atomic E-state index is -0.0716. The number of aromatic amines is 1. The first-order valence-corrected chi connectivity index (χ1v) is 14.9. The van der Waals surface area contributed by atoms with Gasteiger partial charge < -0.3 is 9.64 Å². The quantitative estimate of drug-likeness (QED) is 0.253. The molecule has 1 N–H and O–H groups in total. The Morgan fingerprint density at radius 1 is 0.872 bits per heavy atom. The van der Waals surface area contributed by atoms with Gasteiger partial charge in [-0.15, -0.1) is 0 Å². The van der Waals surface area contributed by atoms with Crippen molar-refractivity contribution in [3.05, 3.63) is 59.2 Å². The van der Waals surface area contributed by atoms with E-state index in [0.717, 1.165) is 61.3 Å². The lowest BCUT2D eigenvalue weighted by Gasteiger charge is -2.33. The van der Waals surface area contributed by atoms with Crippen LogP contribution in [-0.4, -0.2) is 45.3 Å². The average molecular weight is 531 g/mol. The van der Waals surface area contributed by atoms with Gasteiger partial charge in [0.1, 0.15) is 17.6 Å². The zero-order valence-electron chi connectivity index (χ0n) is 23.2. The normalized spacial score (nSPS) is 20.6. The van der Waals surface area contributed by atoms with E-state index in [0.29, 0.717) is 30.4 Å². The highest BCUT2D eigenvalue weighted by Gasteiger charge is 2.27. The fourth-order valence-corrected chi connectivity index (χ4v) is 6.41. The van der Waals surface area contributed by atoms with E-state index >= 15 is 0 Å². The fraction of sp³-hybridized carbons (Fsp3) is 0.562. The Morgan fingerprint density at radius 3 is 2.36 bits per heavy atom. The molecule has 2 atom stereocenters. The molecule has 39 heavy (non-hydrogen) atoms. The number of carbonyl (C=O) groups is 2. The van der Waals surface area contributed by atoms with Crippen LogP contribution in [0.3, 0.4) is 0 Å². The summed E-state index contributed by atoms with van der Waals surface area (Å²) < 4.78 is 5.54. The van der Waals surface area contributed by atoms with E-state index in [-0.39, 0.29) is 11.9 Å². The molecule has 1 aliphatic carbocycles. The van der Waals surface area contributed by atoms with E-state index < -0.39 is 0 Å². The van der Waals surface area contributed by atoms with Crippen molar-refractivity contribution in [1.29, 1.82) is 0 Å². The summed E-state index contributed by atoms with van der Waals surface area (Å²) in [5.74, 6) is 2.14. The van der Waals surface area contributed by atoms with E-state index in [4.69, 9.17) is 4.74 Å². The highest BCUT2D eigenvalue weighted by atomic mass is 16.5. The predicted molar refractivity (Wildman–Crippen MR) is 152 cm³/mol. The zero-order valence-corrected chi connectivity index (χ0v) is 23.2. The second-order valence-corrected chi connectivity index (χ2v) is 11.6. The van der Waals surface area contributed by atoms with Gasteiger partial charge in [0.25, 0.3) is 5.91 Å². The van der Waals surface area contributed by atoms with Gasteiger partial charge in [0.2, 0.25) is 0 Å². The molecule has 0 radical (unpaired) electrons. The molecule has 0 spiro atoms. The van der Waals surface area contributed by atoms with Crippen LogP contribution >= 0.6 is 0 Å². The second-order valence-electron chi connectivity index (χ2n) is 11.6. The lowest BCUT2D eigenvalue weighted by Crippen LogP contribution is -2.38. The topological polar surface area (TPSA) is 88.2 Å². The van der Waals surface area contributed by atoms with Crippen molar-refractivity contribution in [3.63, 3.8) is 0 Å². The van der Waals surface area contributed by atoms with Gasteiger partial charge in [-0.1, -0.05) is 63.3 Å². The predicted octanol–water partition coefficient (Wildman–Crippen LogP) is 6.48. The summed E-state index contributed by atoms with van der Waals surface area (Å²) in [5, 5.41) is 10.8. The molecule has 7 nitrogen and oxygen atoms in total. The van der Waals surface area contributed by atoms with Crippen molar-refractivity contribution in [2.45, 2.75) is 84.2 Å². The Kier molecular flexibility index (Phi) is 9.27.